The fourth-order valence-corrected chi connectivity index (χ4v) is 5.70. The van der Waals surface area contributed by atoms with E-state index in [4.69, 9.17) is 0 Å². The summed E-state index contributed by atoms with van der Waals surface area (Å²) in [5.41, 5.74) is 2.09. The van der Waals surface area contributed by atoms with Crippen LogP contribution in [0, 0.1) is 17.0 Å². The fraction of sp³-hybridized carbons (Fsp3) is 0.409. The predicted molar refractivity (Wildman–Crippen MR) is 123 cm³/mol. The summed E-state index contributed by atoms with van der Waals surface area (Å²) >= 11 is 0. The number of nitro benzene ring substituents is 1. The van der Waals surface area contributed by atoms with Gasteiger partial charge in [0.2, 0.25) is 10.0 Å². The Morgan fingerprint density at radius 1 is 1.12 bits per heavy atom. The highest BCUT2D eigenvalue weighted by Gasteiger charge is 2.28. The summed E-state index contributed by atoms with van der Waals surface area (Å²) in [6.07, 6.45) is 3.36. The lowest BCUT2D eigenvalue weighted by Crippen LogP contribution is -2.35. The molecule has 1 saturated heterocycles. The third-order valence-electron chi connectivity index (χ3n) is 5.84. The molecule has 10 heteroatoms. The number of sulfonamides is 1. The highest BCUT2D eigenvalue weighted by molar-refractivity contribution is 7.89. The van der Waals surface area contributed by atoms with Gasteiger partial charge in [-0.3, -0.25) is 10.1 Å². The van der Waals surface area contributed by atoms with Gasteiger partial charge in [-0.25, -0.2) is 13.4 Å². The van der Waals surface area contributed by atoms with Crippen LogP contribution in [0.25, 0.3) is 11.0 Å². The van der Waals surface area contributed by atoms with E-state index in [9.17, 15) is 18.5 Å². The van der Waals surface area contributed by atoms with Crippen LogP contribution in [-0.2, 0) is 16.6 Å². The minimum absolute atomic E-state index is 0.0304. The first-order valence-electron chi connectivity index (χ1n) is 10.8. The zero-order valence-corrected chi connectivity index (χ0v) is 18.8. The average Bonchev–Trinajstić information content (AvgIpc) is 3.12. The van der Waals surface area contributed by atoms with E-state index in [2.05, 4.69) is 14.9 Å². The topological polar surface area (TPSA) is 110 Å². The van der Waals surface area contributed by atoms with Crippen molar-refractivity contribution in [2.24, 2.45) is 0 Å². The summed E-state index contributed by atoms with van der Waals surface area (Å²) in [4.78, 5) is 15.6. The summed E-state index contributed by atoms with van der Waals surface area (Å²) in [6, 6.07) is 12.0. The molecule has 1 N–H and O–H groups in total. The van der Waals surface area contributed by atoms with Crippen LogP contribution in [0.2, 0.25) is 0 Å². The number of fused-ring (bicyclic) bond motifs is 1. The van der Waals surface area contributed by atoms with Gasteiger partial charge in [-0.15, -0.1) is 0 Å². The smallest absolute Gasteiger partial charge is 0.293 e. The molecule has 2 aromatic carbocycles. The molecule has 0 atom stereocenters. The van der Waals surface area contributed by atoms with Gasteiger partial charge in [0.1, 0.15) is 11.5 Å². The Bertz CT molecular complexity index is 1230. The van der Waals surface area contributed by atoms with Crippen LogP contribution in [-0.4, -0.2) is 46.8 Å². The van der Waals surface area contributed by atoms with Gasteiger partial charge in [0, 0.05) is 32.2 Å². The van der Waals surface area contributed by atoms with E-state index in [1.807, 2.05) is 31.2 Å². The number of nitrogens with zero attached hydrogens (tertiary/aromatic N) is 4. The maximum Gasteiger partial charge on any atom is 0.293 e. The van der Waals surface area contributed by atoms with Gasteiger partial charge in [0.05, 0.1) is 20.9 Å². The zero-order valence-electron chi connectivity index (χ0n) is 18.0. The van der Waals surface area contributed by atoms with Crippen molar-refractivity contribution in [2.45, 2.75) is 44.0 Å². The molecule has 9 nitrogen and oxygen atoms in total. The lowest BCUT2D eigenvalue weighted by molar-refractivity contribution is -0.384. The highest BCUT2D eigenvalue weighted by Crippen LogP contribution is 2.30. The Hall–Kier alpha value is -2.98. The third-order valence-corrected chi connectivity index (χ3v) is 7.73. The molecule has 0 spiro atoms. The van der Waals surface area contributed by atoms with Crippen molar-refractivity contribution in [2.75, 3.05) is 25.0 Å². The van der Waals surface area contributed by atoms with Crippen molar-refractivity contribution in [1.29, 1.82) is 0 Å². The summed E-state index contributed by atoms with van der Waals surface area (Å²) < 4.78 is 29.3. The van der Waals surface area contributed by atoms with Crippen molar-refractivity contribution in [3.63, 3.8) is 0 Å². The second kappa shape index (κ2) is 9.25. The zero-order chi connectivity index (χ0) is 22.7. The van der Waals surface area contributed by atoms with Crippen molar-refractivity contribution in [1.82, 2.24) is 13.9 Å². The second-order valence-electron chi connectivity index (χ2n) is 7.98. The molecule has 0 unspecified atom stereocenters. The van der Waals surface area contributed by atoms with E-state index in [-0.39, 0.29) is 10.6 Å². The Balaban J connectivity index is 1.45. The lowest BCUT2D eigenvalue weighted by Gasteiger charge is -2.25. The monoisotopic (exact) mass is 457 g/mol. The minimum atomic E-state index is -3.72. The molecule has 170 valence electrons. The molecule has 0 radical (unpaired) electrons. The molecule has 1 aliphatic heterocycles. The predicted octanol–water partition coefficient (Wildman–Crippen LogP) is 3.93. The molecule has 0 saturated carbocycles. The molecule has 4 rings (SSSR count). The molecule has 1 aliphatic rings. The molecule has 0 aliphatic carbocycles. The molecule has 2 heterocycles. The Morgan fingerprint density at radius 2 is 1.88 bits per heavy atom. The Morgan fingerprint density at radius 3 is 2.62 bits per heavy atom. The number of rotatable bonds is 8. The summed E-state index contributed by atoms with van der Waals surface area (Å²) in [5, 5.41) is 14.7. The van der Waals surface area contributed by atoms with Crippen molar-refractivity contribution in [3.05, 3.63) is 58.4 Å². The Labute approximate surface area is 187 Å². The highest BCUT2D eigenvalue weighted by atomic mass is 32.2. The first kappa shape index (κ1) is 22.2. The number of hydrogen-bond acceptors (Lipinski definition) is 6. The van der Waals surface area contributed by atoms with E-state index in [0.29, 0.717) is 31.9 Å². The van der Waals surface area contributed by atoms with E-state index in [0.717, 1.165) is 42.5 Å². The number of nitrogens with one attached hydrogen (secondary N) is 1. The van der Waals surface area contributed by atoms with Crippen molar-refractivity contribution < 1.29 is 13.3 Å². The molecule has 1 aromatic heterocycles. The van der Waals surface area contributed by atoms with Gasteiger partial charge in [0.25, 0.3) is 5.69 Å². The van der Waals surface area contributed by atoms with E-state index < -0.39 is 14.9 Å². The summed E-state index contributed by atoms with van der Waals surface area (Å²) in [5.74, 6) is 0.921. The molecule has 3 aromatic rings. The van der Waals surface area contributed by atoms with Crippen LogP contribution in [0.5, 0.6) is 0 Å². The maximum atomic E-state index is 12.9. The van der Waals surface area contributed by atoms with E-state index in [1.165, 1.54) is 22.5 Å². The number of piperidine rings is 1. The van der Waals surface area contributed by atoms with Crippen LogP contribution >= 0.6 is 0 Å². The average molecular weight is 458 g/mol. The number of anilines is 1. The van der Waals surface area contributed by atoms with Gasteiger partial charge in [-0.2, -0.15) is 4.31 Å². The van der Waals surface area contributed by atoms with Crippen molar-refractivity contribution in [3.8, 4) is 0 Å². The number of hydrogen-bond donors (Lipinski definition) is 1. The lowest BCUT2D eigenvalue weighted by atomic mass is 10.2. The van der Waals surface area contributed by atoms with Crippen LogP contribution < -0.4 is 5.32 Å². The first-order valence-corrected chi connectivity index (χ1v) is 12.3. The summed E-state index contributed by atoms with van der Waals surface area (Å²) in [6.45, 7) is 4.09. The SMILES string of the molecule is Cc1nc2ccccc2n1CCCNc1ccc(S(=O)(=O)N2CCCCC2)cc1[N+](=O)[O-]. The normalized spacial score (nSPS) is 15.2. The molecule has 1 fully saturated rings. The number of nitro groups is 1. The quantitative estimate of drug-likeness (QED) is 0.312. The van der Waals surface area contributed by atoms with Gasteiger partial charge in [-0.05, 0) is 50.5 Å². The molecular formula is C22H27N5O4S. The van der Waals surface area contributed by atoms with Crippen LogP contribution in [0.3, 0.4) is 0 Å². The maximum absolute atomic E-state index is 12.9. The van der Waals surface area contributed by atoms with Gasteiger partial charge in [-0.1, -0.05) is 18.6 Å². The largest absolute Gasteiger partial charge is 0.379 e. The molecule has 0 amide bonds. The standard InChI is InChI=1S/C22H27N5O4S/c1-17-24-20-8-3-4-9-21(20)26(17)15-7-12-23-19-11-10-18(16-22(19)27(28)29)32(30,31)25-13-5-2-6-14-25/h3-4,8-11,16,23H,2,5-7,12-15H2,1H3. The number of para-hydroxylation sites is 2. The third kappa shape index (κ3) is 4.46. The van der Waals surface area contributed by atoms with Gasteiger partial charge < -0.3 is 9.88 Å². The van der Waals surface area contributed by atoms with Crippen LogP contribution in [0.15, 0.2) is 47.4 Å². The molecule has 0 bridgehead atoms. The van der Waals surface area contributed by atoms with E-state index >= 15 is 0 Å². The second-order valence-corrected chi connectivity index (χ2v) is 9.92. The van der Waals surface area contributed by atoms with Crippen LogP contribution in [0.4, 0.5) is 11.4 Å². The first-order chi connectivity index (χ1) is 15.4. The Kier molecular flexibility index (Phi) is 6.43. The molecular weight excluding hydrogens is 430 g/mol. The fourth-order valence-electron chi connectivity index (χ4n) is 4.17. The van der Waals surface area contributed by atoms with Crippen LogP contribution in [0.1, 0.15) is 31.5 Å². The number of aryl methyl sites for hydroxylation is 2. The minimum Gasteiger partial charge on any atom is -0.379 e. The van der Waals surface area contributed by atoms with Crippen molar-refractivity contribution >= 4 is 32.4 Å². The van der Waals surface area contributed by atoms with E-state index in [1.54, 1.807) is 0 Å². The number of imidazole rings is 1. The summed E-state index contributed by atoms with van der Waals surface area (Å²) in [7, 11) is -3.72. The number of aromatic nitrogens is 2. The molecule has 32 heavy (non-hydrogen) atoms. The van der Waals surface area contributed by atoms with Gasteiger partial charge in [0.15, 0.2) is 0 Å². The number of benzene rings is 2. The van der Waals surface area contributed by atoms with Gasteiger partial charge >= 0.3 is 0 Å².